The van der Waals surface area contributed by atoms with Crippen LogP contribution in [0.3, 0.4) is 0 Å². The molecule has 0 amide bonds. The van der Waals surface area contributed by atoms with Crippen molar-refractivity contribution >= 4 is 5.52 Å². The molecule has 1 saturated heterocycles. The summed E-state index contributed by atoms with van der Waals surface area (Å²) in [5, 5.41) is 4.72. The van der Waals surface area contributed by atoms with Crippen molar-refractivity contribution in [1.29, 1.82) is 0 Å². The largest absolute Gasteiger partial charge is 0.381 e. The van der Waals surface area contributed by atoms with E-state index < -0.39 is 0 Å². The van der Waals surface area contributed by atoms with E-state index in [0.717, 1.165) is 50.5 Å². The molecule has 2 fully saturated rings. The van der Waals surface area contributed by atoms with Crippen LogP contribution >= 0.6 is 0 Å². The van der Waals surface area contributed by atoms with E-state index in [1.54, 1.807) is 10.7 Å². The lowest BCUT2D eigenvalue weighted by Gasteiger charge is -2.25. The maximum atomic E-state index is 13.0. The first-order chi connectivity index (χ1) is 11.3. The Hall–Kier alpha value is -1.69. The van der Waals surface area contributed by atoms with Gasteiger partial charge in [-0.05, 0) is 32.6 Å². The number of aromatic nitrogens is 4. The van der Waals surface area contributed by atoms with Crippen LogP contribution in [0.5, 0.6) is 0 Å². The molecule has 0 bridgehead atoms. The van der Waals surface area contributed by atoms with Crippen LogP contribution in [0, 0.1) is 6.92 Å². The van der Waals surface area contributed by atoms with Gasteiger partial charge in [-0.25, -0.2) is 9.50 Å². The standard InChI is InChI=1S/C17H24N4O2/c1-12-19-21-15(11-18-16(21)13-7-9-23-10-8-13)17(22)20(12)14-5-3-2-4-6-14/h11,13-14H,2-10H2,1H3. The second-order valence-electron chi connectivity index (χ2n) is 6.81. The van der Waals surface area contributed by atoms with E-state index in [2.05, 4.69) is 4.98 Å². The molecule has 124 valence electrons. The zero-order valence-corrected chi connectivity index (χ0v) is 13.7. The van der Waals surface area contributed by atoms with Gasteiger partial charge in [0.25, 0.3) is 5.56 Å². The van der Waals surface area contributed by atoms with Crippen molar-refractivity contribution in [1.82, 2.24) is 19.2 Å². The third-order valence-corrected chi connectivity index (χ3v) is 5.32. The van der Waals surface area contributed by atoms with E-state index in [0.29, 0.717) is 17.5 Å². The normalized spacial score (nSPS) is 21.1. The van der Waals surface area contributed by atoms with Crippen molar-refractivity contribution in [2.45, 2.75) is 63.8 Å². The maximum absolute atomic E-state index is 13.0. The van der Waals surface area contributed by atoms with Crippen LogP contribution in [-0.4, -0.2) is 32.4 Å². The second-order valence-corrected chi connectivity index (χ2v) is 6.81. The summed E-state index contributed by atoms with van der Waals surface area (Å²) in [5.41, 5.74) is 0.679. The van der Waals surface area contributed by atoms with Crippen molar-refractivity contribution in [2.24, 2.45) is 0 Å². The summed E-state index contributed by atoms with van der Waals surface area (Å²) in [6.45, 7) is 3.47. The van der Waals surface area contributed by atoms with Gasteiger partial charge in [0.15, 0.2) is 5.52 Å². The quantitative estimate of drug-likeness (QED) is 0.854. The fraction of sp³-hybridized carbons (Fsp3) is 0.706. The molecule has 0 atom stereocenters. The van der Waals surface area contributed by atoms with Crippen molar-refractivity contribution in [2.75, 3.05) is 13.2 Å². The van der Waals surface area contributed by atoms with Gasteiger partial charge in [0, 0.05) is 25.2 Å². The molecule has 2 aromatic heterocycles. The molecule has 0 unspecified atom stereocenters. The third kappa shape index (κ3) is 2.59. The Kier molecular flexibility index (Phi) is 3.93. The maximum Gasteiger partial charge on any atom is 0.279 e. The van der Waals surface area contributed by atoms with Gasteiger partial charge in [-0.2, -0.15) is 5.10 Å². The van der Waals surface area contributed by atoms with Crippen molar-refractivity contribution < 1.29 is 4.74 Å². The summed E-state index contributed by atoms with van der Waals surface area (Å²) < 4.78 is 9.12. The fourth-order valence-electron chi connectivity index (χ4n) is 4.08. The highest BCUT2D eigenvalue weighted by Crippen LogP contribution is 2.29. The number of imidazole rings is 1. The molecule has 2 aliphatic rings. The first kappa shape index (κ1) is 14.9. The lowest BCUT2D eigenvalue weighted by molar-refractivity contribution is 0.0832. The minimum Gasteiger partial charge on any atom is -0.381 e. The number of rotatable bonds is 2. The Labute approximate surface area is 135 Å². The van der Waals surface area contributed by atoms with E-state index in [-0.39, 0.29) is 5.56 Å². The van der Waals surface area contributed by atoms with Crippen LogP contribution in [0.25, 0.3) is 5.52 Å². The number of nitrogens with zero attached hydrogens (tertiary/aromatic N) is 4. The van der Waals surface area contributed by atoms with Gasteiger partial charge in [0.2, 0.25) is 0 Å². The minimum atomic E-state index is 0.0650. The predicted octanol–water partition coefficient (Wildman–Crippen LogP) is 2.60. The summed E-state index contributed by atoms with van der Waals surface area (Å²) in [6, 6.07) is 0.301. The highest BCUT2D eigenvalue weighted by Gasteiger charge is 2.25. The van der Waals surface area contributed by atoms with Crippen LogP contribution in [0.4, 0.5) is 0 Å². The van der Waals surface area contributed by atoms with Gasteiger partial charge in [0.05, 0.1) is 6.20 Å². The first-order valence-corrected chi connectivity index (χ1v) is 8.80. The van der Waals surface area contributed by atoms with Crippen molar-refractivity contribution in [3.05, 3.63) is 28.2 Å². The molecule has 23 heavy (non-hydrogen) atoms. The minimum absolute atomic E-state index is 0.0650. The number of ether oxygens (including phenoxy) is 1. The molecule has 0 N–H and O–H groups in total. The Morgan fingerprint density at radius 3 is 2.61 bits per heavy atom. The molecule has 1 aliphatic heterocycles. The lowest BCUT2D eigenvalue weighted by Crippen LogP contribution is -2.31. The van der Waals surface area contributed by atoms with E-state index in [1.165, 1.54) is 19.3 Å². The summed E-state index contributed by atoms with van der Waals surface area (Å²) >= 11 is 0. The van der Waals surface area contributed by atoms with Gasteiger partial charge < -0.3 is 4.74 Å². The second kappa shape index (κ2) is 6.07. The van der Waals surface area contributed by atoms with E-state index in [4.69, 9.17) is 9.84 Å². The SMILES string of the molecule is Cc1nn2c(C3CCOCC3)ncc2c(=O)n1C1CCCCC1. The number of hydrogen-bond acceptors (Lipinski definition) is 4. The van der Waals surface area contributed by atoms with Crippen LogP contribution in [0.15, 0.2) is 11.0 Å². The Balaban J connectivity index is 1.78. The van der Waals surface area contributed by atoms with Gasteiger partial charge in [-0.15, -0.1) is 0 Å². The summed E-state index contributed by atoms with van der Waals surface area (Å²) in [5.74, 6) is 2.06. The van der Waals surface area contributed by atoms with E-state index in [9.17, 15) is 4.79 Å². The zero-order chi connectivity index (χ0) is 15.8. The van der Waals surface area contributed by atoms with Gasteiger partial charge >= 0.3 is 0 Å². The van der Waals surface area contributed by atoms with Crippen LogP contribution < -0.4 is 5.56 Å². The average Bonchev–Trinajstić information content (AvgIpc) is 3.00. The smallest absolute Gasteiger partial charge is 0.279 e. The Bertz CT molecular complexity index is 752. The van der Waals surface area contributed by atoms with Gasteiger partial charge in [0.1, 0.15) is 11.6 Å². The van der Waals surface area contributed by atoms with Crippen LogP contribution in [0.2, 0.25) is 0 Å². The highest BCUT2D eigenvalue weighted by atomic mass is 16.5. The lowest BCUT2D eigenvalue weighted by atomic mass is 9.95. The molecule has 3 heterocycles. The molecular formula is C17H24N4O2. The van der Waals surface area contributed by atoms with Gasteiger partial charge in [-0.3, -0.25) is 9.36 Å². The molecule has 6 nitrogen and oxygen atoms in total. The molecular weight excluding hydrogens is 292 g/mol. The highest BCUT2D eigenvalue weighted by molar-refractivity contribution is 5.43. The molecule has 0 aromatic carbocycles. The third-order valence-electron chi connectivity index (χ3n) is 5.32. The Morgan fingerprint density at radius 1 is 1.13 bits per heavy atom. The molecule has 0 radical (unpaired) electrons. The fourth-order valence-corrected chi connectivity index (χ4v) is 4.08. The monoisotopic (exact) mass is 316 g/mol. The predicted molar refractivity (Wildman–Crippen MR) is 86.9 cm³/mol. The molecule has 1 aliphatic carbocycles. The number of aryl methyl sites for hydroxylation is 1. The summed E-state index contributed by atoms with van der Waals surface area (Å²) in [4.78, 5) is 17.5. The average molecular weight is 316 g/mol. The number of hydrogen-bond donors (Lipinski definition) is 0. The summed E-state index contributed by atoms with van der Waals surface area (Å²) in [7, 11) is 0. The molecule has 2 aromatic rings. The van der Waals surface area contributed by atoms with Crippen LogP contribution in [-0.2, 0) is 4.74 Å². The van der Waals surface area contributed by atoms with E-state index >= 15 is 0 Å². The molecule has 4 rings (SSSR count). The summed E-state index contributed by atoms with van der Waals surface area (Å²) in [6.07, 6.45) is 9.46. The zero-order valence-electron chi connectivity index (χ0n) is 13.7. The molecule has 0 spiro atoms. The first-order valence-electron chi connectivity index (χ1n) is 8.80. The van der Waals surface area contributed by atoms with Crippen molar-refractivity contribution in [3.8, 4) is 0 Å². The van der Waals surface area contributed by atoms with E-state index in [1.807, 2.05) is 11.5 Å². The van der Waals surface area contributed by atoms with Crippen LogP contribution in [0.1, 0.15) is 68.6 Å². The molecule has 6 heteroatoms. The van der Waals surface area contributed by atoms with Crippen molar-refractivity contribution in [3.63, 3.8) is 0 Å². The van der Waals surface area contributed by atoms with Gasteiger partial charge in [-0.1, -0.05) is 19.3 Å². The number of fused-ring (bicyclic) bond motifs is 1. The Morgan fingerprint density at radius 2 is 1.87 bits per heavy atom. The molecule has 1 saturated carbocycles. The topological polar surface area (TPSA) is 61.4 Å².